The highest BCUT2D eigenvalue weighted by Gasteiger charge is 2.21. The monoisotopic (exact) mass is 281 g/mol. The summed E-state index contributed by atoms with van der Waals surface area (Å²) in [5, 5.41) is 12.1. The number of benzene rings is 1. The molecule has 112 valence electrons. The van der Waals surface area contributed by atoms with Crippen LogP contribution in [0.15, 0.2) is 18.2 Å². The summed E-state index contributed by atoms with van der Waals surface area (Å²) in [6.07, 6.45) is 1.88. The number of nitrogens with one attached hydrogen (secondary N) is 1. The van der Waals surface area contributed by atoms with Crippen molar-refractivity contribution >= 4 is 0 Å². The Morgan fingerprint density at radius 1 is 1.40 bits per heavy atom. The molecular weight excluding hydrogens is 258 g/mol. The molecule has 0 amide bonds. The topological polar surface area (TPSA) is 60.0 Å². The molecule has 0 bridgehead atoms. The average molecular weight is 281 g/mol. The Balaban J connectivity index is 1.84. The van der Waals surface area contributed by atoms with Crippen LogP contribution < -0.4 is 14.8 Å². The molecular formula is C15H23NO4. The minimum atomic E-state index is 0.0839. The molecule has 2 rings (SSSR count). The average Bonchev–Trinajstić information content (AvgIpc) is 2.50. The molecule has 5 nitrogen and oxygen atoms in total. The molecule has 1 heterocycles. The van der Waals surface area contributed by atoms with Gasteiger partial charge in [-0.1, -0.05) is 0 Å². The van der Waals surface area contributed by atoms with Gasteiger partial charge < -0.3 is 24.6 Å². The highest BCUT2D eigenvalue weighted by molar-refractivity contribution is 5.43. The Kier molecular flexibility index (Phi) is 6.11. The maximum atomic E-state index is 8.62. The summed E-state index contributed by atoms with van der Waals surface area (Å²) in [7, 11) is 1.67. The molecule has 20 heavy (non-hydrogen) atoms. The second-order valence-corrected chi connectivity index (χ2v) is 4.74. The van der Waals surface area contributed by atoms with Crippen LogP contribution in [0.25, 0.3) is 0 Å². The van der Waals surface area contributed by atoms with Gasteiger partial charge in [-0.05, 0) is 31.2 Å². The van der Waals surface area contributed by atoms with Crippen molar-refractivity contribution in [1.82, 2.24) is 5.32 Å². The van der Waals surface area contributed by atoms with Gasteiger partial charge in [0.2, 0.25) is 0 Å². The number of hydrogen-bond donors (Lipinski definition) is 2. The molecule has 0 aliphatic carbocycles. The Labute approximate surface area is 119 Å². The van der Waals surface area contributed by atoms with Crippen LogP contribution in [-0.2, 0) is 4.74 Å². The third kappa shape index (κ3) is 4.10. The van der Waals surface area contributed by atoms with E-state index in [1.165, 1.54) is 0 Å². The van der Waals surface area contributed by atoms with Crippen LogP contribution >= 0.6 is 0 Å². The van der Waals surface area contributed by atoms with E-state index in [9.17, 15) is 0 Å². The molecule has 0 fully saturated rings. The lowest BCUT2D eigenvalue weighted by atomic mass is 10.00. The summed E-state index contributed by atoms with van der Waals surface area (Å²) in [5.74, 6) is 1.79. The fourth-order valence-corrected chi connectivity index (χ4v) is 2.33. The van der Waals surface area contributed by atoms with Crippen molar-refractivity contribution in [2.45, 2.75) is 18.9 Å². The number of fused-ring (bicyclic) bond motifs is 1. The van der Waals surface area contributed by atoms with Crippen LogP contribution in [0, 0.1) is 0 Å². The second kappa shape index (κ2) is 8.09. The van der Waals surface area contributed by atoms with Gasteiger partial charge in [0.15, 0.2) is 0 Å². The largest absolute Gasteiger partial charge is 0.497 e. The molecule has 0 aromatic heterocycles. The number of rotatable bonds is 8. The van der Waals surface area contributed by atoms with Gasteiger partial charge in [-0.3, -0.25) is 0 Å². The Hall–Kier alpha value is -1.30. The van der Waals surface area contributed by atoms with E-state index in [-0.39, 0.29) is 6.61 Å². The van der Waals surface area contributed by atoms with E-state index in [1.807, 2.05) is 18.2 Å². The first-order chi connectivity index (χ1) is 9.85. The lowest BCUT2D eigenvalue weighted by Crippen LogP contribution is -2.28. The van der Waals surface area contributed by atoms with E-state index in [4.69, 9.17) is 19.3 Å². The maximum absolute atomic E-state index is 8.62. The predicted octanol–water partition coefficient (Wildman–Crippen LogP) is 1.51. The molecule has 0 radical (unpaired) electrons. The zero-order valence-corrected chi connectivity index (χ0v) is 11.9. The minimum Gasteiger partial charge on any atom is -0.497 e. The first kappa shape index (κ1) is 15.1. The van der Waals surface area contributed by atoms with Gasteiger partial charge in [-0.2, -0.15) is 0 Å². The molecule has 5 heteroatoms. The van der Waals surface area contributed by atoms with Gasteiger partial charge in [0, 0.05) is 24.6 Å². The number of aliphatic hydroxyl groups is 1. The summed E-state index contributed by atoms with van der Waals surface area (Å²) < 4.78 is 16.2. The first-order valence-corrected chi connectivity index (χ1v) is 7.08. The van der Waals surface area contributed by atoms with Gasteiger partial charge in [-0.25, -0.2) is 0 Å². The molecule has 1 aromatic rings. The number of aliphatic hydroxyl groups excluding tert-OH is 1. The molecule has 1 unspecified atom stereocenters. The molecule has 1 aliphatic rings. The standard InChI is InChI=1S/C15H23NO4/c1-18-12-3-4-15-13(11-12)14(5-9-20-15)16-6-2-8-19-10-7-17/h3-4,11,14,16-17H,2,5-10H2,1H3. The Bertz CT molecular complexity index is 411. The van der Waals surface area contributed by atoms with E-state index >= 15 is 0 Å². The molecule has 0 saturated carbocycles. The van der Waals surface area contributed by atoms with Crippen LogP contribution in [0.3, 0.4) is 0 Å². The zero-order valence-electron chi connectivity index (χ0n) is 11.9. The van der Waals surface area contributed by atoms with Gasteiger partial charge in [0.25, 0.3) is 0 Å². The molecule has 0 saturated heterocycles. The Morgan fingerprint density at radius 3 is 3.10 bits per heavy atom. The Morgan fingerprint density at radius 2 is 2.30 bits per heavy atom. The highest BCUT2D eigenvalue weighted by atomic mass is 16.5. The molecule has 2 N–H and O–H groups in total. The van der Waals surface area contributed by atoms with E-state index in [2.05, 4.69) is 5.32 Å². The number of methoxy groups -OCH3 is 1. The van der Waals surface area contributed by atoms with Gasteiger partial charge in [-0.15, -0.1) is 0 Å². The molecule has 1 aromatic carbocycles. The van der Waals surface area contributed by atoms with Crippen LogP contribution in [0.1, 0.15) is 24.4 Å². The number of ether oxygens (including phenoxy) is 3. The summed E-state index contributed by atoms with van der Waals surface area (Å²) >= 11 is 0. The van der Waals surface area contributed by atoms with Gasteiger partial charge in [0.05, 0.1) is 26.9 Å². The van der Waals surface area contributed by atoms with Crippen LogP contribution in [0.5, 0.6) is 11.5 Å². The first-order valence-electron chi connectivity index (χ1n) is 7.08. The third-order valence-corrected chi connectivity index (χ3v) is 3.35. The van der Waals surface area contributed by atoms with Crippen LogP contribution in [0.2, 0.25) is 0 Å². The minimum absolute atomic E-state index is 0.0839. The van der Waals surface area contributed by atoms with Crippen LogP contribution in [-0.4, -0.2) is 45.2 Å². The van der Waals surface area contributed by atoms with Crippen molar-refractivity contribution < 1.29 is 19.3 Å². The van der Waals surface area contributed by atoms with E-state index in [0.29, 0.717) is 19.3 Å². The van der Waals surface area contributed by atoms with Crippen molar-refractivity contribution in [3.8, 4) is 11.5 Å². The fourth-order valence-electron chi connectivity index (χ4n) is 2.33. The molecule has 1 aliphatic heterocycles. The summed E-state index contributed by atoms with van der Waals surface area (Å²) in [6, 6.07) is 6.22. The summed E-state index contributed by atoms with van der Waals surface area (Å²) in [4.78, 5) is 0. The summed E-state index contributed by atoms with van der Waals surface area (Å²) in [5.41, 5.74) is 1.16. The van der Waals surface area contributed by atoms with Crippen LogP contribution in [0.4, 0.5) is 0 Å². The smallest absolute Gasteiger partial charge is 0.124 e. The van der Waals surface area contributed by atoms with E-state index < -0.39 is 0 Å². The van der Waals surface area contributed by atoms with Crippen molar-refractivity contribution in [3.63, 3.8) is 0 Å². The van der Waals surface area contributed by atoms with Crippen molar-refractivity contribution in [1.29, 1.82) is 0 Å². The third-order valence-electron chi connectivity index (χ3n) is 3.35. The predicted molar refractivity (Wildman–Crippen MR) is 76.4 cm³/mol. The fraction of sp³-hybridized carbons (Fsp3) is 0.600. The van der Waals surface area contributed by atoms with Gasteiger partial charge in [0.1, 0.15) is 11.5 Å². The maximum Gasteiger partial charge on any atom is 0.124 e. The van der Waals surface area contributed by atoms with E-state index in [0.717, 1.165) is 43.1 Å². The van der Waals surface area contributed by atoms with Crippen molar-refractivity contribution in [2.75, 3.05) is 40.1 Å². The normalized spacial score (nSPS) is 17.4. The van der Waals surface area contributed by atoms with Crippen molar-refractivity contribution in [3.05, 3.63) is 23.8 Å². The summed E-state index contributed by atoms with van der Waals surface area (Å²) in [6.45, 7) is 2.78. The van der Waals surface area contributed by atoms with E-state index in [1.54, 1.807) is 7.11 Å². The zero-order chi connectivity index (χ0) is 14.2. The quantitative estimate of drug-likeness (QED) is 0.707. The number of hydrogen-bond acceptors (Lipinski definition) is 5. The van der Waals surface area contributed by atoms with Gasteiger partial charge >= 0.3 is 0 Å². The molecule has 1 atom stereocenters. The second-order valence-electron chi connectivity index (χ2n) is 4.74. The lowest BCUT2D eigenvalue weighted by molar-refractivity contribution is 0.0901. The molecule has 0 spiro atoms. The van der Waals surface area contributed by atoms with Crippen molar-refractivity contribution in [2.24, 2.45) is 0 Å². The SMILES string of the molecule is COc1ccc2c(c1)C(NCCCOCCO)CCO2. The highest BCUT2D eigenvalue weighted by Crippen LogP contribution is 2.34. The lowest BCUT2D eigenvalue weighted by Gasteiger charge is -2.27.